The van der Waals surface area contributed by atoms with Crippen LogP contribution in [0.5, 0.6) is 0 Å². The van der Waals surface area contributed by atoms with E-state index in [1.807, 2.05) is 60.7 Å². The SMILES string of the molecule is O=C1OC(C(O)CBr)C(OCc2ccccc2)=C1OCc1ccccc1. The molecule has 0 saturated carbocycles. The number of aliphatic hydroxyl groups excluding tert-OH is 1. The molecule has 5 nitrogen and oxygen atoms in total. The first-order valence-electron chi connectivity index (χ1n) is 8.21. The van der Waals surface area contributed by atoms with Gasteiger partial charge in [-0.25, -0.2) is 4.79 Å². The zero-order chi connectivity index (χ0) is 18.4. The van der Waals surface area contributed by atoms with E-state index in [1.54, 1.807) is 0 Å². The zero-order valence-electron chi connectivity index (χ0n) is 14.0. The fourth-order valence-electron chi connectivity index (χ4n) is 2.53. The van der Waals surface area contributed by atoms with Crippen LogP contribution in [0, 0.1) is 0 Å². The van der Waals surface area contributed by atoms with Crippen molar-refractivity contribution >= 4 is 21.9 Å². The van der Waals surface area contributed by atoms with Gasteiger partial charge in [0, 0.05) is 5.33 Å². The number of esters is 1. The lowest BCUT2D eigenvalue weighted by Gasteiger charge is -2.18. The van der Waals surface area contributed by atoms with Crippen LogP contribution < -0.4 is 0 Å². The molecule has 0 fully saturated rings. The van der Waals surface area contributed by atoms with Gasteiger partial charge in [-0.1, -0.05) is 76.6 Å². The first-order valence-corrected chi connectivity index (χ1v) is 9.34. The minimum absolute atomic E-state index is 0.00906. The summed E-state index contributed by atoms with van der Waals surface area (Å²) < 4.78 is 16.8. The molecule has 0 aromatic heterocycles. The smallest absolute Gasteiger partial charge is 0.378 e. The number of carbonyl (C=O) groups excluding carboxylic acids is 1. The second-order valence-electron chi connectivity index (χ2n) is 5.79. The Morgan fingerprint density at radius 1 is 0.962 bits per heavy atom. The van der Waals surface area contributed by atoms with Gasteiger partial charge in [0.2, 0.25) is 5.76 Å². The Kier molecular flexibility index (Phi) is 6.30. The third-order valence-electron chi connectivity index (χ3n) is 3.87. The molecule has 0 radical (unpaired) electrons. The number of benzene rings is 2. The van der Waals surface area contributed by atoms with Gasteiger partial charge < -0.3 is 19.3 Å². The molecular weight excluding hydrogens is 400 g/mol. The van der Waals surface area contributed by atoms with Crippen molar-refractivity contribution in [3.8, 4) is 0 Å². The molecule has 2 atom stereocenters. The summed E-state index contributed by atoms with van der Waals surface area (Å²) in [6.45, 7) is 0.455. The lowest BCUT2D eigenvalue weighted by molar-refractivity contribution is -0.147. The summed E-state index contributed by atoms with van der Waals surface area (Å²) in [7, 11) is 0. The molecular formula is C20H19BrO5. The summed E-state index contributed by atoms with van der Waals surface area (Å²) in [5.41, 5.74) is 1.86. The van der Waals surface area contributed by atoms with E-state index in [-0.39, 0.29) is 30.1 Å². The molecule has 1 aliphatic heterocycles. The minimum Gasteiger partial charge on any atom is -0.485 e. The maximum absolute atomic E-state index is 12.2. The Morgan fingerprint density at radius 2 is 1.50 bits per heavy atom. The van der Waals surface area contributed by atoms with Crippen molar-refractivity contribution < 1.29 is 24.1 Å². The highest BCUT2D eigenvalue weighted by Gasteiger charge is 2.41. The standard InChI is InChI=1S/C20H19BrO5/c21-11-16(22)17-18(24-12-14-7-3-1-4-8-14)19(20(23)26-17)25-13-15-9-5-2-6-10-15/h1-10,16-17,22H,11-13H2. The summed E-state index contributed by atoms with van der Waals surface area (Å²) in [6.07, 6.45) is -1.82. The van der Waals surface area contributed by atoms with Crippen LogP contribution in [0.4, 0.5) is 0 Å². The van der Waals surface area contributed by atoms with Crippen molar-refractivity contribution in [3.05, 3.63) is 83.3 Å². The summed E-state index contributed by atoms with van der Waals surface area (Å²) >= 11 is 3.20. The molecule has 0 aliphatic carbocycles. The number of cyclic esters (lactones) is 1. The van der Waals surface area contributed by atoms with Crippen molar-refractivity contribution in [2.45, 2.75) is 25.4 Å². The largest absolute Gasteiger partial charge is 0.485 e. The third kappa shape index (κ3) is 4.45. The molecule has 0 bridgehead atoms. The Morgan fingerprint density at radius 3 is 2.04 bits per heavy atom. The monoisotopic (exact) mass is 418 g/mol. The molecule has 3 rings (SSSR count). The molecule has 2 unspecified atom stereocenters. The second kappa shape index (κ2) is 8.87. The van der Waals surface area contributed by atoms with Crippen molar-refractivity contribution in [2.24, 2.45) is 0 Å². The number of rotatable bonds is 8. The number of hydrogen-bond donors (Lipinski definition) is 1. The fourth-order valence-corrected chi connectivity index (χ4v) is 2.87. The summed E-state index contributed by atoms with van der Waals surface area (Å²) in [4.78, 5) is 12.2. The Bertz CT molecular complexity index is 760. The summed E-state index contributed by atoms with van der Waals surface area (Å²) in [5, 5.41) is 10.4. The van der Waals surface area contributed by atoms with E-state index in [0.717, 1.165) is 11.1 Å². The van der Waals surface area contributed by atoms with Gasteiger partial charge in [0.05, 0.1) is 0 Å². The van der Waals surface area contributed by atoms with E-state index in [9.17, 15) is 9.90 Å². The first kappa shape index (κ1) is 18.5. The quantitative estimate of drug-likeness (QED) is 0.526. The Labute approximate surface area is 160 Å². The average Bonchev–Trinajstić information content (AvgIpc) is 3.01. The van der Waals surface area contributed by atoms with Gasteiger partial charge in [-0.15, -0.1) is 0 Å². The number of carbonyl (C=O) groups is 1. The van der Waals surface area contributed by atoms with Gasteiger partial charge in [0.1, 0.15) is 19.3 Å². The van der Waals surface area contributed by atoms with Gasteiger partial charge in [0.15, 0.2) is 11.9 Å². The highest BCUT2D eigenvalue weighted by molar-refractivity contribution is 9.09. The molecule has 1 aliphatic rings. The molecule has 0 saturated heterocycles. The van der Waals surface area contributed by atoms with E-state index in [4.69, 9.17) is 14.2 Å². The lowest BCUT2D eigenvalue weighted by Crippen LogP contribution is -2.30. The van der Waals surface area contributed by atoms with Crippen LogP contribution in [0.1, 0.15) is 11.1 Å². The van der Waals surface area contributed by atoms with Crippen LogP contribution in [0.3, 0.4) is 0 Å². The number of hydrogen-bond acceptors (Lipinski definition) is 5. The highest BCUT2D eigenvalue weighted by Crippen LogP contribution is 2.29. The zero-order valence-corrected chi connectivity index (χ0v) is 15.6. The van der Waals surface area contributed by atoms with Gasteiger partial charge in [0.25, 0.3) is 0 Å². The molecule has 0 amide bonds. The number of alkyl halides is 1. The van der Waals surface area contributed by atoms with E-state index >= 15 is 0 Å². The molecule has 136 valence electrons. The normalized spacial score (nSPS) is 17.8. The van der Waals surface area contributed by atoms with E-state index in [1.165, 1.54) is 0 Å². The maximum atomic E-state index is 12.2. The van der Waals surface area contributed by atoms with Gasteiger partial charge in [-0.3, -0.25) is 0 Å². The molecule has 26 heavy (non-hydrogen) atoms. The Hall–Kier alpha value is -2.31. The van der Waals surface area contributed by atoms with E-state index in [0.29, 0.717) is 0 Å². The predicted octanol–water partition coefficient (Wildman–Crippen LogP) is 3.31. The number of halogens is 1. The Balaban J connectivity index is 1.79. The number of aliphatic hydroxyl groups is 1. The molecule has 0 spiro atoms. The van der Waals surface area contributed by atoms with E-state index < -0.39 is 18.2 Å². The van der Waals surface area contributed by atoms with Crippen LogP contribution in [-0.2, 0) is 32.2 Å². The van der Waals surface area contributed by atoms with Crippen molar-refractivity contribution in [1.82, 2.24) is 0 Å². The highest BCUT2D eigenvalue weighted by atomic mass is 79.9. The van der Waals surface area contributed by atoms with Crippen molar-refractivity contribution in [3.63, 3.8) is 0 Å². The first-order chi connectivity index (χ1) is 12.7. The minimum atomic E-state index is -0.928. The van der Waals surface area contributed by atoms with Gasteiger partial charge >= 0.3 is 5.97 Å². The summed E-state index contributed by atoms with van der Waals surface area (Å²) in [6, 6.07) is 19.0. The average molecular weight is 419 g/mol. The third-order valence-corrected chi connectivity index (χ3v) is 4.54. The second-order valence-corrected chi connectivity index (χ2v) is 6.44. The maximum Gasteiger partial charge on any atom is 0.378 e. The fraction of sp³-hybridized carbons (Fsp3) is 0.250. The molecule has 6 heteroatoms. The van der Waals surface area contributed by atoms with Crippen molar-refractivity contribution in [1.29, 1.82) is 0 Å². The van der Waals surface area contributed by atoms with Crippen LogP contribution in [0.25, 0.3) is 0 Å². The summed E-state index contributed by atoms with van der Waals surface area (Å²) in [5.74, 6) is -0.398. The topological polar surface area (TPSA) is 65.0 Å². The lowest BCUT2D eigenvalue weighted by atomic mass is 10.2. The molecule has 2 aromatic rings. The van der Waals surface area contributed by atoms with E-state index in [2.05, 4.69) is 15.9 Å². The van der Waals surface area contributed by atoms with Crippen molar-refractivity contribution in [2.75, 3.05) is 5.33 Å². The molecule has 2 aromatic carbocycles. The molecule has 1 N–H and O–H groups in total. The van der Waals surface area contributed by atoms with Gasteiger partial charge in [-0.05, 0) is 11.1 Å². The molecule has 1 heterocycles. The number of ether oxygens (including phenoxy) is 3. The predicted molar refractivity (Wildman–Crippen MR) is 99.2 cm³/mol. The van der Waals surface area contributed by atoms with Crippen LogP contribution >= 0.6 is 15.9 Å². The van der Waals surface area contributed by atoms with Crippen LogP contribution in [0.15, 0.2) is 72.2 Å². The van der Waals surface area contributed by atoms with Crippen LogP contribution in [0.2, 0.25) is 0 Å². The van der Waals surface area contributed by atoms with Gasteiger partial charge in [-0.2, -0.15) is 0 Å². The van der Waals surface area contributed by atoms with Crippen LogP contribution in [-0.4, -0.2) is 28.6 Å².